The van der Waals surface area contributed by atoms with E-state index in [-0.39, 0.29) is 23.8 Å². The van der Waals surface area contributed by atoms with Gasteiger partial charge in [0.2, 0.25) is 5.91 Å². The second kappa shape index (κ2) is 7.10. The van der Waals surface area contributed by atoms with E-state index in [2.05, 4.69) is 5.10 Å². The van der Waals surface area contributed by atoms with E-state index in [1.54, 1.807) is 34.2 Å². The van der Waals surface area contributed by atoms with Gasteiger partial charge in [0.1, 0.15) is 5.69 Å². The Balaban J connectivity index is 1.81. The molecule has 8 heteroatoms. The summed E-state index contributed by atoms with van der Waals surface area (Å²) in [6.07, 6.45) is 4.72. The van der Waals surface area contributed by atoms with Crippen molar-refractivity contribution in [3.63, 3.8) is 0 Å². The van der Waals surface area contributed by atoms with Crippen LogP contribution in [0.1, 0.15) is 43.1 Å². The molecule has 3 aromatic rings. The second-order valence-corrected chi connectivity index (χ2v) is 7.45. The van der Waals surface area contributed by atoms with Crippen molar-refractivity contribution < 1.29 is 14.0 Å². The molecule has 0 saturated carbocycles. The van der Waals surface area contributed by atoms with Crippen molar-refractivity contribution in [1.82, 2.24) is 19.7 Å². The number of amides is 2. The topological polar surface area (TPSA) is 107 Å². The van der Waals surface area contributed by atoms with Gasteiger partial charge in [-0.25, -0.2) is 9.67 Å². The summed E-state index contributed by atoms with van der Waals surface area (Å²) < 4.78 is 7.29. The number of likely N-dealkylation sites (tertiary alicyclic amines) is 1. The van der Waals surface area contributed by atoms with Crippen molar-refractivity contribution in [2.24, 2.45) is 11.7 Å². The standard InChI is InChI=1S/C20H23N5O3/c1-12(2)25-19-15(10-22-25)14(9-16(23-19)17-6-4-8-28-17)20(27)24-7-3-5-13(11-24)18(21)26/h4,6,8-10,12-13H,3,5,7,11H2,1-2H3,(H2,21,26). The largest absolute Gasteiger partial charge is 0.463 e. The molecule has 0 aromatic carbocycles. The highest BCUT2D eigenvalue weighted by molar-refractivity contribution is 6.06. The van der Waals surface area contributed by atoms with Gasteiger partial charge in [0.25, 0.3) is 5.91 Å². The third-order valence-electron chi connectivity index (χ3n) is 5.17. The fourth-order valence-electron chi connectivity index (χ4n) is 3.69. The van der Waals surface area contributed by atoms with Crippen LogP contribution in [-0.4, -0.2) is 44.6 Å². The lowest BCUT2D eigenvalue weighted by atomic mass is 9.96. The number of pyridine rings is 1. The van der Waals surface area contributed by atoms with Crippen molar-refractivity contribution in [3.8, 4) is 11.5 Å². The van der Waals surface area contributed by atoms with E-state index in [0.717, 1.165) is 6.42 Å². The Hall–Kier alpha value is -3.16. The number of hydrogen-bond acceptors (Lipinski definition) is 5. The maximum Gasteiger partial charge on any atom is 0.254 e. The molecule has 1 fully saturated rings. The van der Waals surface area contributed by atoms with Crippen LogP contribution < -0.4 is 5.73 Å². The van der Waals surface area contributed by atoms with Crippen molar-refractivity contribution in [1.29, 1.82) is 0 Å². The first-order valence-corrected chi connectivity index (χ1v) is 9.46. The van der Waals surface area contributed by atoms with Gasteiger partial charge in [0.05, 0.1) is 29.3 Å². The van der Waals surface area contributed by atoms with Crippen molar-refractivity contribution in [3.05, 3.63) is 36.2 Å². The van der Waals surface area contributed by atoms with Crippen LogP contribution in [0.4, 0.5) is 0 Å². The number of primary amides is 1. The van der Waals surface area contributed by atoms with Gasteiger partial charge in [-0.05, 0) is 44.9 Å². The van der Waals surface area contributed by atoms with Crippen LogP contribution in [0.3, 0.4) is 0 Å². The minimum Gasteiger partial charge on any atom is -0.463 e. The monoisotopic (exact) mass is 381 g/mol. The number of piperidine rings is 1. The molecule has 1 unspecified atom stereocenters. The molecular formula is C20H23N5O3. The van der Waals surface area contributed by atoms with Crippen LogP contribution in [0.5, 0.6) is 0 Å². The Bertz CT molecular complexity index is 1020. The van der Waals surface area contributed by atoms with Gasteiger partial charge < -0.3 is 15.1 Å². The third-order valence-corrected chi connectivity index (χ3v) is 5.17. The summed E-state index contributed by atoms with van der Waals surface area (Å²) in [5.41, 5.74) is 7.19. The van der Waals surface area contributed by atoms with E-state index in [0.29, 0.717) is 47.6 Å². The Morgan fingerprint density at radius 1 is 1.36 bits per heavy atom. The molecule has 1 atom stereocenters. The zero-order valence-electron chi connectivity index (χ0n) is 16.0. The molecule has 0 spiro atoms. The molecule has 28 heavy (non-hydrogen) atoms. The smallest absolute Gasteiger partial charge is 0.254 e. The number of furan rings is 1. The Morgan fingerprint density at radius 2 is 2.18 bits per heavy atom. The normalized spacial score (nSPS) is 17.4. The molecular weight excluding hydrogens is 358 g/mol. The molecule has 2 N–H and O–H groups in total. The quantitative estimate of drug-likeness (QED) is 0.747. The van der Waals surface area contributed by atoms with Gasteiger partial charge in [-0.15, -0.1) is 0 Å². The molecule has 3 aromatic heterocycles. The highest BCUT2D eigenvalue weighted by Crippen LogP contribution is 2.28. The molecule has 1 aliphatic rings. The molecule has 1 saturated heterocycles. The van der Waals surface area contributed by atoms with E-state index in [4.69, 9.17) is 15.1 Å². The van der Waals surface area contributed by atoms with Crippen molar-refractivity contribution in [2.75, 3.05) is 13.1 Å². The fourth-order valence-corrected chi connectivity index (χ4v) is 3.69. The van der Waals surface area contributed by atoms with E-state index in [1.807, 2.05) is 19.9 Å². The van der Waals surface area contributed by atoms with E-state index in [9.17, 15) is 9.59 Å². The van der Waals surface area contributed by atoms with Gasteiger partial charge in [0, 0.05) is 19.1 Å². The van der Waals surface area contributed by atoms with Crippen LogP contribution in [0.15, 0.2) is 35.1 Å². The second-order valence-electron chi connectivity index (χ2n) is 7.45. The minimum atomic E-state index is -0.360. The van der Waals surface area contributed by atoms with Gasteiger partial charge in [-0.2, -0.15) is 5.10 Å². The van der Waals surface area contributed by atoms with E-state index >= 15 is 0 Å². The third kappa shape index (κ3) is 3.15. The van der Waals surface area contributed by atoms with Gasteiger partial charge in [-0.3, -0.25) is 9.59 Å². The molecule has 4 rings (SSSR count). The average Bonchev–Trinajstić information content (AvgIpc) is 3.36. The number of carbonyl (C=O) groups excluding carboxylic acids is 2. The van der Waals surface area contributed by atoms with Crippen LogP contribution in [0.25, 0.3) is 22.5 Å². The van der Waals surface area contributed by atoms with Crippen LogP contribution in [0, 0.1) is 5.92 Å². The summed E-state index contributed by atoms with van der Waals surface area (Å²) in [7, 11) is 0. The predicted octanol–water partition coefficient (Wildman–Crippen LogP) is 2.61. The summed E-state index contributed by atoms with van der Waals surface area (Å²) >= 11 is 0. The summed E-state index contributed by atoms with van der Waals surface area (Å²) in [5.74, 6) is -0.227. The van der Waals surface area contributed by atoms with Crippen molar-refractivity contribution in [2.45, 2.75) is 32.7 Å². The summed E-state index contributed by atoms with van der Waals surface area (Å²) in [6.45, 7) is 4.96. The summed E-state index contributed by atoms with van der Waals surface area (Å²) in [6, 6.07) is 5.42. The van der Waals surface area contributed by atoms with Crippen molar-refractivity contribution >= 4 is 22.8 Å². The molecule has 146 valence electrons. The molecule has 0 radical (unpaired) electrons. The first-order valence-electron chi connectivity index (χ1n) is 9.46. The number of carbonyl (C=O) groups is 2. The summed E-state index contributed by atoms with van der Waals surface area (Å²) in [5, 5.41) is 5.12. The summed E-state index contributed by atoms with van der Waals surface area (Å²) in [4.78, 5) is 31.4. The SMILES string of the molecule is CC(C)n1ncc2c(C(=O)N3CCCC(C(N)=O)C3)cc(-c3ccco3)nc21. The maximum atomic E-state index is 13.4. The molecule has 1 aliphatic heterocycles. The van der Waals surface area contributed by atoms with Gasteiger partial charge in [-0.1, -0.05) is 0 Å². The molecule has 4 heterocycles. The Labute approximate surface area is 162 Å². The predicted molar refractivity (Wildman–Crippen MR) is 103 cm³/mol. The average molecular weight is 381 g/mol. The van der Waals surface area contributed by atoms with Crippen LogP contribution >= 0.6 is 0 Å². The lowest BCUT2D eigenvalue weighted by molar-refractivity contribution is -0.123. The lowest BCUT2D eigenvalue weighted by Gasteiger charge is -2.31. The Kier molecular flexibility index (Phi) is 4.62. The van der Waals surface area contributed by atoms with Crippen LogP contribution in [-0.2, 0) is 4.79 Å². The number of fused-ring (bicyclic) bond motifs is 1. The van der Waals surface area contributed by atoms with Gasteiger partial charge >= 0.3 is 0 Å². The first kappa shape index (κ1) is 18.2. The molecule has 0 aliphatic carbocycles. The number of nitrogens with zero attached hydrogens (tertiary/aromatic N) is 4. The zero-order chi connectivity index (χ0) is 19.8. The van der Waals surface area contributed by atoms with E-state index in [1.165, 1.54) is 0 Å². The molecule has 0 bridgehead atoms. The van der Waals surface area contributed by atoms with E-state index < -0.39 is 0 Å². The van der Waals surface area contributed by atoms with Gasteiger partial charge in [0.15, 0.2) is 11.4 Å². The highest BCUT2D eigenvalue weighted by Gasteiger charge is 2.29. The number of hydrogen-bond donors (Lipinski definition) is 1. The minimum absolute atomic E-state index is 0.0917. The lowest BCUT2D eigenvalue weighted by Crippen LogP contribution is -2.44. The fraction of sp³-hybridized carbons (Fsp3) is 0.400. The number of aromatic nitrogens is 3. The highest BCUT2D eigenvalue weighted by atomic mass is 16.3. The molecule has 8 nitrogen and oxygen atoms in total. The first-order chi connectivity index (χ1) is 13.5. The van der Waals surface area contributed by atoms with Crippen LogP contribution in [0.2, 0.25) is 0 Å². The molecule has 2 amide bonds. The number of nitrogens with two attached hydrogens (primary N) is 1. The Morgan fingerprint density at radius 3 is 2.86 bits per heavy atom. The maximum absolute atomic E-state index is 13.4. The zero-order valence-corrected chi connectivity index (χ0v) is 16.0. The number of rotatable bonds is 4.